The molecule has 5 heteroatoms. The predicted octanol–water partition coefficient (Wildman–Crippen LogP) is 22.6. The Labute approximate surface area is 615 Å². The van der Waals surface area contributed by atoms with Crippen LogP contribution in [0.1, 0.15) is 225 Å². The molecule has 0 saturated carbocycles. The Hall–Kier alpha value is -8.15. The molecule has 0 aliphatic rings. The highest BCUT2D eigenvalue weighted by atomic mass is 14.9. The number of aryl methyl sites for hydroxylation is 12. The van der Waals surface area contributed by atoms with Gasteiger partial charge in [0.05, 0.1) is 0 Å². The maximum atomic E-state index is 2.35. The predicted molar refractivity (Wildman–Crippen MR) is 434 cm³/mol. The van der Waals surface area contributed by atoms with E-state index in [1.807, 2.05) is 0 Å². The van der Waals surface area contributed by atoms with Gasteiger partial charge in [-0.2, -0.15) is 0 Å². The first-order chi connectivity index (χ1) is 47.7. The maximum Gasteiger partial charge on any atom is 0.215 e. The Kier molecular flexibility index (Phi) is 31.0. The molecular weight excluding hydrogens is 1220 g/mol. The zero-order valence-electron chi connectivity index (χ0n) is 68.2. The van der Waals surface area contributed by atoms with Gasteiger partial charge in [-0.1, -0.05) is 184 Å². The molecule has 5 aromatic carbocycles. The molecule has 536 valence electrons. The highest BCUT2D eigenvalue weighted by Crippen LogP contribution is 2.34. The van der Waals surface area contributed by atoms with E-state index in [1.165, 1.54) is 140 Å². The van der Waals surface area contributed by atoms with E-state index in [2.05, 4.69) is 400 Å². The molecule has 101 heavy (non-hydrogen) atoms. The van der Waals surface area contributed by atoms with E-state index in [9.17, 15) is 0 Å². The third-order valence-corrected chi connectivity index (χ3v) is 19.5. The second-order valence-electron chi connectivity index (χ2n) is 32.0. The van der Waals surface area contributed by atoms with E-state index in [-0.39, 0.29) is 0 Å². The third kappa shape index (κ3) is 22.7. The van der Waals surface area contributed by atoms with E-state index >= 15 is 0 Å². The fourth-order valence-electron chi connectivity index (χ4n) is 14.3. The van der Waals surface area contributed by atoms with Gasteiger partial charge < -0.3 is 0 Å². The minimum atomic E-state index is 0.529. The average molecular weight is 1360 g/mol. The van der Waals surface area contributed by atoms with Crippen molar-refractivity contribution in [2.45, 2.75) is 215 Å². The summed E-state index contributed by atoms with van der Waals surface area (Å²) in [6.07, 6.45) is 16.3. The second kappa shape index (κ2) is 38.2. The Bertz CT molecular complexity index is 4320. The summed E-state index contributed by atoms with van der Waals surface area (Å²) in [6, 6.07) is 56.3. The van der Waals surface area contributed by atoms with Crippen LogP contribution in [0.3, 0.4) is 0 Å². The van der Waals surface area contributed by atoms with Crippen LogP contribution in [-0.4, -0.2) is 0 Å². The Morgan fingerprint density at radius 3 is 0.842 bits per heavy atom. The van der Waals surface area contributed by atoms with E-state index in [4.69, 9.17) is 0 Å². The van der Waals surface area contributed by atoms with Crippen LogP contribution in [0.25, 0.3) is 56.3 Å². The Balaban J connectivity index is 0.000000199. The lowest BCUT2D eigenvalue weighted by Gasteiger charge is -2.14. The molecule has 0 atom stereocenters. The number of rotatable bonds is 18. The van der Waals surface area contributed by atoms with Crippen LogP contribution < -0.4 is 22.8 Å². The number of benzene rings is 5. The van der Waals surface area contributed by atoms with Crippen molar-refractivity contribution in [2.75, 3.05) is 0 Å². The van der Waals surface area contributed by atoms with Crippen LogP contribution in [0.15, 0.2) is 183 Å². The molecule has 10 aromatic rings. The van der Waals surface area contributed by atoms with Gasteiger partial charge in [0.1, 0.15) is 35.2 Å². The minimum Gasteiger partial charge on any atom is -0.201 e. The fraction of sp³-hybridized carbons (Fsp3) is 0.427. The Morgan fingerprint density at radius 1 is 0.267 bits per heavy atom. The molecule has 5 nitrogen and oxygen atoms in total. The molecule has 0 fully saturated rings. The lowest BCUT2D eigenvalue weighted by atomic mass is 9.92. The lowest BCUT2D eigenvalue weighted by molar-refractivity contribution is -0.660. The molecule has 5 aromatic heterocycles. The number of pyridine rings is 5. The van der Waals surface area contributed by atoms with Crippen LogP contribution in [0.2, 0.25) is 0 Å². The molecule has 0 bridgehead atoms. The molecule has 0 aliphatic heterocycles. The molecule has 10 rings (SSSR count). The summed E-state index contributed by atoms with van der Waals surface area (Å²) in [4.78, 5) is 0. The van der Waals surface area contributed by atoms with Crippen molar-refractivity contribution in [3.8, 4) is 56.3 Å². The molecule has 0 amide bonds. The summed E-state index contributed by atoms with van der Waals surface area (Å²) in [6.45, 7) is 51.7. The molecule has 0 saturated heterocycles. The van der Waals surface area contributed by atoms with Gasteiger partial charge >= 0.3 is 0 Å². The van der Waals surface area contributed by atoms with Crippen molar-refractivity contribution in [3.63, 3.8) is 0 Å². The topological polar surface area (TPSA) is 19.4 Å². The molecule has 5 heterocycles. The summed E-state index contributed by atoms with van der Waals surface area (Å²) in [5.41, 5.74) is 34.5. The van der Waals surface area contributed by atoms with Gasteiger partial charge in [-0.3, -0.25) is 0 Å². The minimum absolute atomic E-state index is 0.529. The van der Waals surface area contributed by atoms with Crippen molar-refractivity contribution >= 4 is 0 Å². The molecule has 0 unspecified atom stereocenters. The quantitative estimate of drug-likeness (QED) is 0.0763. The summed E-state index contributed by atoms with van der Waals surface area (Å²) >= 11 is 0. The van der Waals surface area contributed by atoms with Crippen molar-refractivity contribution < 1.29 is 22.8 Å². The summed E-state index contributed by atoms with van der Waals surface area (Å²) < 4.78 is 11.3. The van der Waals surface area contributed by atoms with E-state index in [1.54, 1.807) is 0 Å². The van der Waals surface area contributed by atoms with Gasteiger partial charge in [0, 0.05) is 86.0 Å². The number of hydrogen-bond donors (Lipinski definition) is 0. The zero-order chi connectivity index (χ0) is 74.7. The molecule has 0 N–H and O–H groups in total. The summed E-state index contributed by atoms with van der Waals surface area (Å²) in [5, 5.41) is 0. The van der Waals surface area contributed by atoms with Gasteiger partial charge in [-0.15, -0.1) is 0 Å². The Morgan fingerprint density at radius 2 is 0.545 bits per heavy atom. The third-order valence-electron chi connectivity index (χ3n) is 19.5. The maximum absolute atomic E-state index is 2.35. The van der Waals surface area contributed by atoms with Crippen LogP contribution >= 0.6 is 0 Å². The molecule has 0 radical (unpaired) electrons. The van der Waals surface area contributed by atoms with Crippen LogP contribution in [-0.2, 0) is 67.3 Å². The van der Waals surface area contributed by atoms with Gasteiger partial charge in [0.2, 0.25) is 28.5 Å². The van der Waals surface area contributed by atoms with E-state index in [0.29, 0.717) is 47.3 Å². The first-order valence-corrected chi connectivity index (χ1v) is 38.1. The van der Waals surface area contributed by atoms with Crippen molar-refractivity contribution in [1.82, 2.24) is 0 Å². The zero-order valence-corrected chi connectivity index (χ0v) is 68.2. The molecule has 0 spiro atoms. The standard InChI is InChI=1S/2C20H28N.2C19H26N.C18H24N/c1-14(2)12-18-8-7-11-21(6)20(18)19-10-9-17(15(3)4)13-16(19)5;1-14(2)12-17-9-10-19(16(5)13-17)20-18(15(3)4)8-7-11-21(20)6;1-13(2)16-9-10-18(15(5)12-16)19-17(14(3)4)8-7-11-20(19)6;1-6-16-9-10-18(15(4)13-16)19-17(12-14(2)3)8-7-11-20(19)5;1-13(2)11-16-7-6-10-19(5)18(16)17-9-8-14(3)12-15(17)4/h2*7-11,13-15H,12H2,1-6H3;7-14H,1-6H3;7-11,13-14H,6,12H2,1-5H3;6-10,12-13H,11H2,1-5H3/q5*+1. The fourth-order valence-corrected chi connectivity index (χ4v) is 14.3. The highest BCUT2D eigenvalue weighted by molar-refractivity contribution is 5.69. The normalized spacial score (nSPS) is 11.3. The van der Waals surface area contributed by atoms with Crippen molar-refractivity contribution in [2.24, 2.45) is 58.9 Å². The molecule has 0 aliphatic carbocycles. The van der Waals surface area contributed by atoms with Crippen LogP contribution in [0.4, 0.5) is 0 Å². The number of hydrogen-bond acceptors (Lipinski definition) is 0. The second-order valence-corrected chi connectivity index (χ2v) is 32.0. The summed E-state index contributed by atoms with van der Waals surface area (Å²) in [5.74, 6) is 4.94. The van der Waals surface area contributed by atoms with E-state index in [0.717, 1.165) is 32.1 Å². The van der Waals surface area contributed by atoms with Crippen molar-refractivity contribution in [1.29, 1.82) is 0 Å². The summed E-state index contributed by atoms with van der Waals surface area (Å²) in [7, 11) is 10.7. The lowest BCUT2D eigenvalue weighted by Crippen LogP contribution is -2.32. The largest absolute Gasteiger partial charge is 0.215 e. The van der Waals surface area contributed by atoms with Crippen LogP contribution in [0.5, 0.6) is 0 Å². The monoisotopic (exact) mass is 1360 g/mol. The highest BCUT2D eigenvalue weighted by Gasteiger charge is 2.25. The average Bonchev–Trinajstić information content (AvgIpc) is 0.827. The van der Waals surface area contributed by atoms with Gasteiger partial charge in [0.15, 0.2) is 31.0 Å². The van der Waals surface area contributed by atoms with E-state index < -0.39 is 0 Å². The number of aromatic nitrogens is 5. The van der Waals surface area contributed by atoms with Crippen LogP contribution in [0, 0.1) is 65.2 Å². The SMILES string of the molecule is CCc1ccc(-c2c(CC(C)C)ccc[n+]2C)c(C)c1.Cc1cc(C(C)C)ccc1-c1c(C(C)C)ccc[n+]1C.Cc1cc(C(C)C)ccc1-c1c(CC(C)C)ccc[n+]1C.Cc1cc(CC(C)C)ccc1-c1c(C(C)C)ccc[n+]1C.Cc1ccc(-c2c(CC(C)C)ccc[n+]2C)c(C)c1. The smallest absolute Gasteiger partial charge is 0.201 e. The first-order valence-electron chi connectivity index (χ1n) is 38.1. The van der Waals surface area contributed by atoms with Gasteiger partial charge in [0.25, 0.3) is 0 Å². The van der Waals surface area contributed by atoms with Gasteiger partial charge in [-0.25, -0.2) is 22.8 Å². The van der Waals surface area contributed by atoms with Gasteiger partial charge in [-0.05, 0) is 232 Å². The van der Waals surface area contributed by atoms with Crippen molar-refractivity contribution in [3.05, 3.63) is 266 Å². The first kappa shape index (κ1) is 81.8. The molecular formula is C96H132N5+5. The number of nitrogens with zero attached hydrogens (tertiary/aromatic N) is 5.